The van der Waals surface area contributed by atoms with Crippen LogP contribution in [0.5, 0.6) is 11.5 Å². The highest BCUT2D eigenvalue weighted by molar-refractivity contribution is 5.97. The summed E-state index contributed by atoms with van der Waals surface area (Å²) in [5.41, 5.74) is 2.99. The molecule has 4 aromatic rings. The van der Waals surface area contributed by atoms with Gasteiger partial charge in [-0.2, -0.15) is 13.2 Å². The Balaban J connectivity index is 1.11. The quantitative estimate of drug-likeness (QED) is 0.290. The van der Waals surface area contributed by atoms with Crippen LogP contribution in [0, 0.1) is 11.8 Å². The summed E-state index contributed by atoms with van der Waals surface area (Å²) in [5, 5.41) is 4.17. The lowest BCUT2D eigenvalue weighted by molar-refractivity contribution is -0.137. The third-order valence-corrected chi connectivity index (χ3v) is 7.62. The van der Waals surface area contributed by atoms with Crippen LogP contribution in [0.15, 0.2) is 78.6 Å². The molecule has 0 radical (unpaired) electrons. The lowest BCUT2D eigenvalue weighted by atomic mass is 9.65. The van der Waals surface area contributed by atoms with Gasteiger partial charge in [-0.1, -0.05) is 23.8 Å². The van der Waals surface area contributed by atoms with Crippen molar-refractivity contribution in [2.45, 2.75) is 37.9 Å². The minimum absolute atomic E-state index is 0.0863. The number of rotatable bonds is 5. The minimum Gasteiger partial charge on any atom is -0.457 e. The van der Waals surface area contributed by atoms with Gasteiger partial charge in [0.1, 0.15) is 17.1 Å². The number of halogens is 3. The molecule has 0 spiro atoms. The second kappa shape index (κ2) is 9.67. The molecule has 2 N–H and O–H groups in total. The topological polar surface area (TPSA) is 67.0 Å². The number of allylic oxidation sites excluding steroid dienone is 1. The smallest absolute Gasteiger partial charge is 0.416 e. The van der Waals surface area contributed by atoms with Crippen LogP contribution in [-0.2, 0) is 6.18 Å². The molecule has 8 heteroatoms. The monoisotopic (exact) mass is 517 g/mol. The van der Waals surface area contributed by atoms with E-state index in [1.54, 1.807) is 12.3 Å². The molecule has 5 nitrogen and oxygen atoms in total. The summed E-state index contributed by atoms with van der Waals surface area (Å²) in [5.74, 6) is 1.61. The molecule has 0 aliphatic heterocycles. The molecular weight excluding hydrogens is 491 g/mol. The van der Waals surface area contributed by atoms with Crippen LogP contribution in [0.1, 0.15) is 47.2 Å². The second-order valence-electron chi connectivity index (χ2n) is 10.1. The van der Waals surface area contributed by atoms with Crippen molar-refractivity contribution in [2.24, 2.45) is 11.8 Å². The zero-order valence-corrected chi connectivity index (χ0v) is 20.5. The van der Waals surface area contributed by atoms with Gasteiger partial charge in [-0.15, -0.1) is 0 Å². The number of carbonyl (C=O) groups is 1. The highest BCUT2D eigenvalue weighted by atomic mass is 19.4. The van der Waals surface area contributed by atoms with Crippen molar-refractivity contribution in [3.05, 3.63) is 95.3 Å². The molecule has 2 aromatic carbocycles. The van der Waals surface area contributed by atoms with E-state index in [0.717, 1.165) is 54.4 Å². The summed E-state index contributed by atoms with van der Waals surface area (Å²) in [4.78, 5) is 20.3. The van der Waals surface area contributed by atoms with Crippen molar-refractivity contribution in [1.82, 2.24) is 15.3 Å². The molecule has 38 heavy (non-hydrogen) atoms. The number of nitrogens with zero attached hydrogens (tertiary/aromatic N) is 1. The normalized spacial score (nSPS) is 22.1. The van der Waals surface area contributed by atoms with Crippen molar-refractivity contribution >= 4 is 23.0 Å². The largest absolute Gasteiger partial charge is 0.457 e. The van der Waals surface area contributed by atoms with E-state index in [2.05, 4.69) is 21.4 Å². The second-order valence-corrected chi connectivity index (χ2v) is 10.1. The number of nitrogens with one attached hydrogen (secondary N) is 2. The molecular formula is C30H26F3N3O2. The Morgan fingerprint density at radius 3 is 2.66 bits per heavy atom. The van der Waals surface area contributed by atoms with Crippen molar-refractivity contribution in [1.29, 1.82) is 0 Å². The van der Waals surface area contributed by atoms with Crippen LogP contribution in [0.3, 0.4) is 0 Å². The predicted molar refractivity (Wildman–Crippen MR) is 139 cm³/mol. The fourth-order valence-electron chi connectivity index (χ4n) is 5.68. The van der Waals surface area contributed by atoms with Crippen molar-refractivity contribution in [3.63, 3.8) is 0 Å². The first-order valence-electron chi connectivity index (χ1n) is 12.7. The van der Waals surface area contributed by atoms with Crippen molar-refractivity contribution in [2.75, 3.05) is 0 Å². The number of carbonyl (C=O) groups excluding carboxylic acids is 1. The standard InChI is InChI=1S/C30H26F3N3O2/c31-30(32,33)24-6-8-25(9-7-24)38-26-3-1-2-18(13-26)12-22-14-20-5-4-19(22)16-27(20)36-29(37)23-15-21-10-11-34-28(21)35-17-23/h1-3,6-13,15,17,19-20,27H,4-5,14,16H2,(H,34,35)(H,36,37)/b22-12+. The van der Waals surface area contributed by atoms with E-state index in [9.17, 15) is 18.0 Å². The number of hydrogen-bond donors (Lipinski definition) is 2. The van der Waals surface area contributed by atoms with Gasteiger partial charge < -0.3 is 15.0 Å². The molecule has 0 saturated heterocycles. The zero-order valence-electron chi connectivity index (χ0n) is 20.5. The molecule has 194 valence electrons. The number of amides is 1. The van der Waals surface area contributed by atoms with Gasteiger partial charge in [0.25, 0.3) is 5.91 Å². The Morgan fingerprint density at radius 2 is 1.89 bits per heavy atom. The number of hydrogen-bond acceptors (Lipinski definition) is 3. The molecule has 3 unspecified atom stereocenters. The van der Waals surface area contributed by atoms with Gasteiger partial charge in [0.05, 0.1) is 11.1 Å². The first-order chi connectivity index (χ1) is 18.3. The molecule has 3 fully saturated rings. The lowest BCUT2D eigenvalue weighted by Crippen LogP contribution is -2.47. The number of ether oxygens (including phenoxy) is 1. The van der Waals surface area contributed by atoms with E-state index in [1.807, 2.05) is 36.5 Å². The summed E-state index contributed by atoms with van der Waals surface area (Å²) in [7, 11) is 0. The Labute approximate surface area is 217 Å². The number of alkyl halides is 3. The Kier molecular flexibility index (Phi) is 6.18. The molecule has 2 aromatic heterocycles. The third kappa shape index (κ3) is 5.03. The minimum atomic E-state index is -4.38. The third-order valence-electron chi connectivity index (χ3n) is 7.62. The number of benzene rings is 2. The Morgan fingerprint density at radius 1 is 1.05 bits per heavy atom. The zero-order chi connectivity index (χ0) is 26.3. The van der Waals surface area contributed by atoms with Crippen LogP contribution in [0.2, 0.25) is 0 Å². The van der Waals surface area contributed by atoms with Crippen LogP contribution < -0.4 is 10.1 Å². The molecule has 7 rings (SSSR count). The maximum atomic E-state index is 12.9. The summed E-state index contributed by atoms with van der Waals surface area (Å²) in [6.45, 7) is 0. The number of fused-ring (bicyclic) bond motifs is 4. The van der Waals surface area contributed by atoms with Gasteiger partial charge in [-0.3, -0.25) is 4.79 Å². The van der Waals surface area contributed by atoms with Crippen LogP contribution in [0.25, 0.3) is 17.1 Å². The van der Waals surface area contributed by atoms with Crippen LogP contribution in [0.4, 0.5) is 13.2 Å². The summed E-state index contributed by atoms with van der Waals surface area (Å²) in [6.07, 6.45) is 5.25. The van der Waals surface area contributed by atoms with Gasteiger partial charge in [-0.25, -0.2) is 4.98 Å². The summed E-state index contributed by atoms with van der Waals surface area (Å²) >= 11 is 0. The predicted octanol–water partition coefficient (Wildman–Crippen LogP) is 7.38. The molecule has 3 aliphatic carbocycles. The fraction of sp³-hybridized carbons (Fsp3) is 0.267. The molecule has 2 heterocycles. The SMILES string of the molecule is O=C(NC1CC2CCC1C/C2=C\c1cccc(Oc2ccc(C(F)(F)F)cc2)c1)c1cnc2[nH]ccc2c1. The molecule has 3 atom stereocenters. The van der Waals surface area contributed by atoms with E-state index in [-0.39, 0.29) is 11.9 Å². The number of aromatic nitrogens is 2. The van der Waals surface area contributed by atoms with E-state index < -0.39 is 11.7 Å². The Bertz CT molecular complexity index is 1510. The van der Waals surface area contributed by atoms with Crippen molar-refractivity contribution in [3.8, 4) is 11.5 Å². The maximum absolute atomic E-state index is 12.9. The highest BCUT2D eigenvalue weighted by Gasteiger charge is 2.39. The van der Waals surface area contributed by atoms with Gasteiger partial charge in [0.15, 0.2) is 0 Å². The lowest BCUT2D eigenvalue weighted by Gasteiger charge is -2.44. The van der Waals surface area contributed by atoms with E-state index >= 15 is 0 Å². The number of pyridine rings is 1. The van der Waals surface area contributed by atoms with Gasteiger partial charge >= 0.3 is 6.18 Å². The average molecular weight is 518 g/mol. The highest BCUT2D eigenvalue weighted by Crippen LogP contribution is 2.45. The number of H-pyrrole nitrogens is 1. The van der Waals surface area contributed by atoms with Gasteiger partial charge in [0, 0.05) is 23.8 Å². The van der Waals surface area contributed by atoms with Crippen LogP contribution >= 0.6 is 0 Å². The average Bonchev–Trinajstić information content (AvgIpc) is 3.38. The Hall–Kier alpha value is -4.07. The van der Waals surface area contributed by atoms with Gasteiger partial charge in [-0.05, 0) is 91.6 Å². The summed E-state index contributed by atoms with van der Waals surface area (Å²) < 4.78 is 44.3. The van der Waals surface area contributed by atoms with Crippen LogP contribution in [-0.4, -0.2) is 21.9 Å². The number of aromatic amines is 1. The van der Waals surface area contributed by atoms with E-state index in [1.165, 1.54) is 17.7 Å². The maximum Gasteiger partial charge on any atom is 0.416 e. The molecule has 2 bridgehead atoms. The fourth-order valence-corrected chi connectivity index (χ4v) is 5.68. The van der Waals surface area contributed by atoms with E-state index in [0.29, 0.717) is 28.9 Å². The molecule has 3 saturated carbocycles. The summed E-state index contributed by atoms with van der Waals surface area (Å²) in [6, 6.07) is 16.2. The molecule has 3 aliphatic rings. The molecule has 1 amide bonds. The van der Waals surface area contributed by atoms with Gasteiger partial charge in [0.2, 0.25) is 0 Å². The van der Waals surface area contributed by atoms with E-state index in [4.69, 9.17) is 4.74 Å². The first kappa shape index (κ1) is 24.3. The first-order valence-corrected chi connectivity index (χ1v) is 12.7. The van der Waals surface area contributed by atoms with Crippen molar-refractivity contribution < 1.29 is 22.7 Å².